The Morgan fingerprint density at radius 1 is 1.00 bits per heavy atom. The molecule has 0 aromatic heterocycles. The summed E-state index contributed by atoms with van der Waals surface area (Å²) in [7, 11) is 0. The topological polar surface area (TPSA) is 0 Å². The van der Waals surface area contributed by atoms with Gasteiger partial charge in [-0.2, -0.15) is 0 Å². The molecule has 0 heterocycles. The Bertz CT molecular complexity index is 653. The summed E-state index contributed by atoms with van der Waals surface area (Å²) in [5.74, 6) is 0.210. The smallest absolute Gasteiger partial charge is 0.0830 e. The number of alkyl halides is 3. The lowest BCUT2D eigenvalue weighted by Crippen LogP contribution is -2.23. The summed E-state index contributed by atoms with van der Waals surface area (Å²) in [6.45, 7) is 4.23. The molecule has 1 aliphatic carbocycles. The average Bonchev–Trinajstić information content (AvgIpc) is 2.76. The largest absolute Gasteiger partial charge is 0.197 e. The molecule has 0 N–H and O–H groups in total. The average molecular weight is 328 g/mol. The molecule has 2 aromatic rings. The van der Waals surface area contributed by atoms with Gasteiger partial charge in [0.15, 0.2) is 3.79 Å². The van der Waals surface area contributed by atoms with E-state index < -0.39 is 3.79 Å². The van der Waals surface area contributed by atoms with Crippen molar-refractivity contribution in [3.63, 3.8) is 0 Å². The molecule has 0 saturated carbocycles. The molecule has 20 heavy (non-hydrogen) atoms. The van der Waals surface area contributed by atoms with Crippen molar-refractivity contribution in [1.82, 2.24) is 0 Å². The fourth-order valence-electron chi connectivity index (χ4n) is 3.49. The summed E-state index contributed by atoms with van der Waals surface area (Å²) < 4.78 is -1.27. The summed E-state index contributed by atoms with van der Waals surface area (Å²) in [6.07, 6.45) is 2.14. The molecule has 1 atom stereocenters. The summed E-state index contributed by atoms with van der Waals surface area (Å²) in [4.78, 5) is 0. The summed E-state index contributed by atoms with van der Waals surface area (Å²) >= 11 is 18.8. The van der Waals surface area contributed by atoms with Crippen molar-refractivity contribution < 1.29 is 0 Å². The first-order valence-electron chi connectivity index (χ1n) is 6.99. The Morgan fingerprint density at radius 2 is 1.75 bits per heavy atom. The number of benzene rings is 2. The van der Waals surface area contributed by atoms with Gasteiger partial charge in [-0.3, -0.25) is 0 Å². The fourth-order valence-corrected chi connectivity index (χ4v) is 4.60. The number of aryl methyl sites for hydroxylation is 2. The molecule has 0 saturated heterocycles. The summed E-state index contributed by atoms with van der Waals surface area (Å²) in [5.41, 5.74) is 4.01. The fraction of sp³-hybridized carbons (Fsp3) is 0.412. The zero-order valence-electron chi connectivity index (χ0n) is 11.6. The first-order chi connectivity index (χ1) is 9.39. The van der Waals surface area contributed by atoms with Crippen LogP contribution in [-0.2, 0) is 12.8 Å². The number of halogens is 3. The van der Waals surface area contributed by atoms with E-state index >= 15 is 0 Å². The zero-order chi connectivity index (χ0) is 14.5. The third kappa shape index (κ3) is 2.32. The van der Waals surface area contributed by atoms with Crippen molar-refractivity contribution in [2.24, 2.45) is 5.92 Å². The highest BCUT2D eigenvalue weighted by Gasteiger charge is 2.38. The van der Waals surface area contributed by atoms with Crippen molar-refractivity contribution in [2.45, 2.75) is 36.4 Å². The highest BCUT2D eigenvalue weighted by molar-refractivity contribution is 6.68. The molecule has 0 bridgehead atoms. The van der Waals surface area contributed by atoms with Crippen molar-refractivity contribution in [1.29, 1.82) is 0 Å². The van der Waals surface area contributed by atoms with Crippen LogP contribution >= 0.6 is 34.8 Å². The summed E-state index contributed by atoms with van der Waals surface area (Å²) in [6, 6.07) is 10.8. The lowest BCUT2D eigenvalue weighted by atomic mass is 9.85. The molecule has 1 aliphatic rings. The lowest BCUT2D eigenvalue weighted by Gasteiger charge is -2.30. The van der Waals surface area contributed by atoms with Crippen LogP contribution in [0.3, 0.4) is 0 Å². The van der Waals surface area contributed by atoms with Gasteiger partial charge in [0, 0.05) is 5.92 Å². The van der Waals surface area contributed by atoms with Crippen molar-refractivity contribution in [3.05, 3.63) is 47.0 Å². The molecular formula is C17H17Cl3. The Balaban J connectivity index is 2.24. The minimum absolute atomic E-state index is 0.0712. The molecule has 0 fully saturated rings. The van der Waals surface area contributed by atoms with Crippen molar-refractivity contribution in [2.75, 3.05) is 0 Å². The van der Waals surface area contributed by atoms with E-state index in [1.807, 2.05) is 0 Å². The van der Waals surface area contributed by atoms with Crippen molar-refractivity contribution >= 4 is 45.6 Å². The zero-order valence-corrected chi connectivity index (χ0v) is 13.9. The first-order valence-corrected chi connectivity index (χ1v) is 8.13. The lowest BCUT2D eigenvalue weighted by molar-refractivity contribution is 0.502. The summed E-state index contributed by atoms with van der Waals surface area (Å²) in [5, 5.41) is 2.68. The van der Waals surface area contributed by atoms with Gasteiger partial charge in [-0.1, -0.05) is 79.0 Å². The highest BCUT2D eigenvalue weighted by Crippen LogP contribution is 2.49. The monoisotopic (exact) mass is 326 g/mol. The van der Waals surface area contributed by atoms with Gasteiger partial charge in [-0.05, 0) is 46.2 Å². The Kier molecular flexibility index (Phi) is 3.69. The van der Waals surface area contributed by atoms with Crippen LogP contribution in [0, 0.1) is 5.92 Å². The van der Waals surface area contributed by atoms with Gasteiger partial charge in [-0.15, -0.1) is 0 Å². The molecule has 3 heteroatoms. The van der Waals surface area contributed by atoms with Crippen LogP contribution in [0.2, 0.25) is 0 Å². The van der Waals surface area contributed by atoms with Gasteiger partial charge in [0.25, 0.3) is 0 Å². The van der Waals surface area contributed by atoms with Crippen molar-refractivity contribution in [3.8, 4) is 0 Å². The molecule has 0 spiro atoms. The predicted molar refractivity (Wildman–Crippen MR) is 89.2 cm³/mol. The number of hydrogen-bond donors (Lipinski definition) is 0. The predicted octanol–water partition coefficient (Wildman–Crippen LogP) is 6.05. The van der Waals surface area contributed by atoms with Crippen LogP contribution in [0.15, 0.2) is 30.3 Å². The van der Waals surface area contributed by atoms with E-state index in [9.17, 15) is 0 Å². The van der Waals surface area contributed by atoms with Crippen LogP contribution in [0.1, 0.15) is 36.5 Å². The van der Waals surface area contributed by atoms with Crippen LogP contribution in [0.25, 0.3) is 10.8 Å². The molecular weight excluding hydrogens is 311 g/mol. The molecule has 0 nitrogen and oxygen atoms in total. The standard InChI is InChI=1S/C17H17Cl3/c1-10(2)16(17(18,19)20)14-9-7-12-5-3-4-11-6-8-13(14)15(11)12/h3-5,7,9-10,16H,6,8H2,1-2H3. The molecule has 106 valence electrons. The third-order valence-electron chi connectivity index (χ3n) is 4.27. The second kappa shape index (κ2) is 5.09. The molecule has 1 unspecified atom stereocenters. The Morgan fingerprint density at radius 3 is 2.40 bits per heavy atom. The normalized spacial score (nSPS) is 16.1. The van der Waals surface area contributed by atoms with E-state index in [4.69, 9.17) is 34.8 Å². The first kappa shape index (κ1) is 14.5. The van der Waals surface area contributed by atoms with Gasteiger partial charge in [-0.25, -0.2) is 0 Å². The van der Waals surface area contributed by atoms with Crippen LogP contribution in [0.4, 0.5) is 0 Å². The van der Waals surface area contributed by atoms with Gasteiger partial charge in [0.2, 0.25) is 0 Å². The third-order valence-corrected chi connectivity index (χ3v) is 4.98. The van der Waals surface area contributed by atoms with Gasteiger partial charge in [0.05, 0.1) is 0 Å². The van der Waals surface area contributed by atoms with E-state index in [1.165, 1.54) is 27.5 Å². The van der Waals surface area contributed by atoms with E-state index in [2.05, 4.69) is 44.2 Å². The van der Waals surface area contributed by atoms with Gasteiger partial charge >= 0.3 is 0 Å². The van der Waals surface area contributed by atoms with E-state index in [-0.39, 0.29) is 11.8 Å². The van der Waals surface area contributed by atoms with E-state index in [0.29, 0.717) is 0 Å². The second-order valence-electron chi connectivity index (χ2n) is 5.91. The molecule has 0 aliphatic heterocycles. The minimum atomic E-state index is -1.27. The molecule has 3 rings (SSSR count). The molecule has 2 aromatic carbocycles. The quantitative estimate of drug-likeness (QED) is 0.589. The maximum absolute atomic E-state index is 6.26. The maximum Gasteiger partial charge on any atom is 0.197 e. The van der Waals surface area contributed by atoms with Crippen LogP contribution in [-0.4, -0.2) is 3.79 Å². The Hall–Kier alpha value is -0.430. The van der Waals surface area contributed by atoms with E-state index in [1.54, 1.807) is 0 Å². The van der Waals surface area contributed by atoms with Crippen LogP contribution < -0.4 is 0 Å². The molecule has 0 radical (unpaired) electrons. The van der Waals surface area contributed by atoms with E-state index in [0.717, 1.165) is 12.8 Å². The SMILES string of the molecule is CC(C)C(c1ccc2cccc3c2c1CC3)C(Cl)(Cl)Cl. The minimum Gasteiger partial charge on any atom is -0.0830 e. The number of rotatable bonds is 2. The van der Waals surface area contributed by atoms with Gasteiger partial charge < -0.3 is 0 Å². The Labute approximate surface area is 135 Å². The number of hydrogen-bond acceptors (Lipinski definition) is 0. The highest BCUT2D eigenvalue weighted by atomic mass is 35.6. The molecule has 0 amide bonds. The van der Waals surface area contributed by atoms with Crippen LogP contribution in [0.5, 0.6) is 0 Å². The van der Waals surface area contributed by atoms with Gasteiger partial charge in [0.1, 0.15) is 0 Å². The second-order valence-corrected chi connectivity index (χ2v) is 8.28. The maximum atomic E-state index is 6.26.